The Morgan fingerprint density at radius 3 is 2.57 bits per heavy atom. The average Bonchev–Trinajstić information content (AvgIpc) is 2.50. The summed E-state index contributed by atoms with van der Waals surface area (Å²) in [5.41, 5.74) is -0.669. The fourth-order valence-corrected chi connectivity index (χ4v) is 2.55. The van der Waals surface area contributed by atoms with Gasteiger partial charge >= 0.3 is 5.97 Å². The molecule has 3 aromatic rings. The molecule has 5 nitrogen and oxygen atoms in total. The molecule has 0 fully saturated rings. The van der Waals surface area contributed by atoms with Crippen molar-refractivity contribution in [2.24, 2.45) is 0 Å². The highest BCUT2D eigenvalue weighted by Crippen LogP contribution is 2.22. The van der Waals surface area contributed by atoms with E-state index in [9.17, 15) is 19.1 Å². The van der Waals surface area contributed by atoms with Gasteiger partial charge in [0.1, 0.15) is 11.2 Å². The second kappa shape index (κ2) is 5.75. The van der Waals surface area contributed by atoms with Crippen LogP contribution in [0.2, 0.25) is 5.15 Å². The van der Waals surface area contributed by atoms with Crippen molar-refractivity contribution in [3.05, 3.63) is 67.8 Å². The second-order valence-corrected chi connectivity index (χ2v) is 5.93. The van der Waals surface area contributed by atoms with E-state index in [1.54, 1.807) is 24.3 Å². The molecule has 2 heterocycles. The van der Waals surface area contributed by atoms with Gasteiger partial charge in [0, 0.05) is 16.4 Å². The quantitative estimate of drug-likeness (QED) is 0.670. The maximum absolute atomic E-state index is 13.7. The molecule has 0 bridgehead atoms. The Morgan fingerprint density at radius 2 is 1.96 bits per heavy atom. The predicted molar refractivity (Wildman–Crippen MR) is 87.0 cm³/mol. The molecule has 0 aliphatic carbocycles. The van der Waals surface area contributed by atoms with Gasteiger partial charge in [-0.1, -0.05) is 27.5 Å². The normalized spacial score (nSPS) is 10.9. The summed E-state index contributed by atoms with van der Waals surface area (Å²) in [6, 6.07) is 7.77. The lowest BCUT2D eigenvalue weighted by Gasteiger charge is -2.12. The molecule has 1 aromatic carbocycles. The van der Waals surface area contributed by atoms with E-state index in [0.29, 0.717) is 5.69 Å². The smallest absolute Gasteiger partial charge is 0.341 e. The number of benzene rings is 1. The zero-order valence-corrected chi connectivity index (χ0v) is 13.6. The van der Waals surface area contributed by atoms with Crippen molar-refractivity contribution in [3.8, 4) is 5.69 Å². The van der Waals surface area contributed by atoms with Crippen molar-refractivity contribution < 1.29 is 14.3 Å². The van der Waals surface area contributed by atoms with Crippen molar-refractivity contribution in [1.82, 2.24) is 9.55 Å². The zero-order chi connectivity index (χ0) is 16.7. The second-order valence-electron chi connectivity index (χ2n) is 4.66. The van der Waals surface area contributed by atoms with Crippen molar-refractivity contribution in [2.45, 2.75) is 0 Å². The first-order valence-electron chi connectivity index (χ1n) is 6.29. The van der Waals surface area contributed by atoms with Gasteiger partial charge in [-0.2, -0.15) is 0 Å². The number of nitrogens with zero attached hydrogens (tertiary/aromatic N) is 2. The van der Waals surface area contributed by atoms with Gasteiger partial charge in [0.15, 0.2) is 11.0 Å². The number of fused-ring (bicyclic) bond motifs is 1. The molecule has 0 atom stereocenters. The fourth-order valence-electron chi connectivity index (χ4n) is 2.15. The van der Waals surface area contributed by atoms with Crippen LogP contribution in [0.4, 0.5) is 4.39 Å². The van der Waals surface area contributed by atoms with Crippen molar-refractivity contribution in [3.63, 3.8) is 0 Å². The number of aromatic nitrogens is 2. The van der Waals surface area contributed by atoms with Crippen LogP contribution in [0.3, 0.4) is 0 Å². The van der Waals surface area contributed by atoms with Crippen LogP contribution in [-0.2, 0) is 0 Å². The lowest BCUT2D eigenvalue weighted by Crippen LogP contribution is -2.19. The molecule has 8 heteroatoms. The Labute approximate surface area is 142 Å². The molecule has 116 valence electrons. The molecule has 0 radical (unpaired) electrons. The van der Waals surface area contributed by atoms with Crippen LogP contribution >= 0.6 is 27.5 Å². The Morgan fingerprint density at radius 1 is 1.30 bits per heavy atom. The van der Waals surface area contributed by atoms with E-state index < -0.39 is 27.9 Å². The summed E-state index contributed by atoms with van der Waals surface area (Å²) in [6.45, 7) is 0. The number of halogens is 3. The summed E-state index contributed by atoms with van der Waals surface area (Å²) >= 11 is 9.00. The largest absolute Gasteiger partial charge is 0.477 e. The van der Waals surface area contributed by atoms with Crippen LogP contribution in [-0.4, -0.2) is 20.6 Å². The number of carboxylic acid groups (broad SMARTS) is 1. The lowest BCUT2D eigenvalue weighted by atomic mass is 10.2. The summed E-state index contributed by atoms with van der Waals surface area (Å²) in [4.78, 5) is 27.4. The van der Waals surface area contributed by atoms with E-state index in [2.05, 4.69) is 20.9 Å². The lowest BCUT2D eigenvalue weighted by molar-refractivity contribution is 0.0695. The summed E-state index contributed by atoms with van der Waals surface area (Å²) in [5.74, 6) is -2.29. The Kier molecular flexibility index (Phi) is 3.91. The minimum absolute atomic E-state index is 0.0775. The predicted octanol–water partition coefficient (Wildman–Crippen LogP) is 3.64. The highest BCUT2D eigenvalue weighted by atomic mass is 79.9. The number of aromatic carboxylic acids is 1. The molecule has 0 aliphatic heterocycles. The monoisotopic (exact) mass is 396 g/mol. The van der Waals surface area contributed by atoms with Gasteiger partial charge in [-0.3, -0.25) is 4.79 Å². The van der Waals surface area contributed by atoms with Crippen LogP contribution in [0.5, 0.6) is 0 Å². The van der Waals surface area contributed by atoms with Crippen molar-refractivity contribution in [1.29, 1.82) is 0 Å². The minimum Gasteiger partial charge on any atom is -0.477 e. The standard InChI is InChI=1S/C15H7BrClFN2O3/c16-7-1-3-8(4-2-7)20-6-10(15(22)23)12(21)9-5-11(18)13(17)19-14(9)20/h1-6H,(H,22,23). The highest BCUT2D eigenvalue weighted by Gasteiger charge is 2.18. The summed E-state index contributed by atoms with van der Waals surface area (Å²) in [5, 5.41) is 8.65. The fraction of sp³-hybridized carbons (Fsp3) is 0. The van der Waals surface area contributed by atoms with E-state index in [1.165, 1.54) is 4.57 Å². The Hall–Kier alpha value is -2.25. The maximum atomic E-state index is 13.7. The SMILES string of the molecule is O=C(O)c1cn(-c2ccc(Br)cc2)c2nc(Cl)c(F)cc2c1=O. The number of hydrogen-bond donors (Lipinski definition) is 1. The van der Waals surface area contributed by atoms with E-state index in [-0.39, 0.29) is 11.0 Å². The van der Waals surface area contributed by atoms with Crippen LogP contribution in [0, 0.1) is 5.82 Å². The molecule has 0 saturated heterocycles. The molecule has 1 N–H and O–H groups in total. The molecule has 2 aromatic heterocycles. The molecule has 0 aliphatic rings. The third-order valence-corrected chi connectivity index (χ3v) is 4.02. The minimum atomic E-state index is -1.40. The molecule has 23 heavy (non-hydrogen) atoms. The number of rotatable bonds is 2. The maximum Gasteiger partial charge on any atom is 0.341 e. The molecule has 0 amide bonds. The number of carboxylic acids is 1. The van der Waals surface area contributed by atoms with Gasteiger partial charge in [0.05, 0.1) is 5.39 Å². The van der Waals surface area contributed by atoms with E-state index in [4.69, 9.17) is 11.6 Å². The first-order valence-corrected chi connectivity index (χ1v) is 7.46. The third-order valence-electron chi connectivity index (χ3n) is 3.22. The van der Waals surface area contributed by atoms with E-state index >= 15 is 0 Å². The van der Waals surface area contributed by atoms with Gasteiger partial charge in [-0.25, -0.2) is 14.2 Å². The van der Waals surface area contributed by atoms with Gasteiger partial charge in [-0.05, 0) is 30.3 Å². The van der Waals surface area contributed by atoms with E-state index in [1.807, 2.05) is 0 Å². The first kappa shape index (κ1) is 15.6. The van der Waals surface area contributed by atoms with Gasteiger partial charge in [0.2, 0.25) is 5.43 Å². The number of carbonyl (C=O) groups is 1. The molecule has 0 spiro atoms. The summed E-state index contributed by atoms with van der Waals surface area (Å²) < 4.78 is 15.9. The van der Waals surface area contributed by atoms with Gasteiger partial charge in [0.25, 0.3) is 0 Å². The average molecular weight is 398 g/mol. The van der Waals surface area contributed by atoms with Crippen LogP contribution in [0.1, 0.15) is 10.4 Å². The third kappa shape index (κ3) is 2.73. The van der Waals surface area contributed by atoms with Gasteiger partial charge < -0.3 is 9.67 Å². The summed E-state index contributed by atoms with van der Waals surface area (Å²) in [7, 11) is 0. The number of hydrogen-bond acceptors (Lipinski definition) is 3. The molecule has 0 unspecified atom stereocenters. The van der Waals surface area contributed by atoms with E-state index in [0.717, 1.165) is 16.7 Å². The molecule has 0 saturated carbocycles. The number of pyridine rings is 2. The van der Waals surface area contributed by atoms with Crippen LogP contribution in [0.25, 0.3) is 16.7 Å². The molecule has 3 rings (SSSR count). The Bertz CT molecular complexity index is 1000. The topological polar surface area (TPSA) is 72.2 Å². The van der Waals surface area contributed by atoms with Crippen molar-refractivity contribution >= 4 is 44.5 Å². The van der Waals surface area contributed by atoms with Crippen molar-refractivity contribution in [2.75, 3.05) is 0 Å². The molecular formula is C15H7BrClFN2O3. The molecular weight excluding hydrogens is 391 g/mol. The zero-order valence-electron chi connectivity index (χ0n) is 11.3. The van der Waals surface area contributed by atoms with Crippen LogP contribution < -0.4 is 5.43 Å². The van der Waals surface area contributed by atoms with Crippen LogP contribution in [0.15, 0.2) is 45.8 Å². The Balaban J connectivity index is 2.46. The first-order chi connectivity index (χ1) is 10.9. The van der Waals surface area contributed by atoms with Gasteiger partial charge in [-0.15, -0.1) is 0 Å². The summed E-state index contributed by atoms with van der Waals surface area (Å²) in [6.07, 6.45) is 1.15. The highest BCUT2D eigenvalue weighted by molar-refractivity contribution is 9.10.